The molecule has 0 radical (unpaired) electrons. The summed E-state index contributed by atoms with van der Waals surface area (Å²) in [6, 6.07) is 14.8. The first kappa shape index (κ1) is 16.0. The number of ether oxygens (including phenoxy) is 1. The molecule has 6 nitrogen and oxygen atoms in total. The van der Waals surface area contributed by atoms with Gasteiger partial charge in [0, 0.05) is 23.6 Å². The molecule has 6 heteroatoms. The van der Waals surface area contributed by atoms with E-state index in [2.05, 4.69) is 15.3 Å². The maximum atomic E-state index is 9.83. The summed E-state index contributed by atoms with van der Waals surface area (Å²) in [6.07, 6.45) is 5.27. The van der Waals surface area contributed by atoms with E-state index in [1.165, 1.54) is 0 Å². The second-order valence-electron chi connectivity index (χ2n) is 5.75. The predicted molar refractivity (Wildman–Crippen MR) is 101 cm³/mol. The van der Waals surface area contributed by atoms with Crippen LogP contribution >= 0.6 is 0 Å². The van der Waals surface area contributed by atoms with Gasteiger partial charge in [0.2, 0.25) is 0 Å². The van der Waals surface area contributed by atoms with E-state index in [1.54, 1.807) is 30.6 Å². The molecule has 2 aromatic heterocycles. The smallest absolute Gasteiger partial charge is 0.157 e. The molecule has 0 saturated carbocycles. The molecule has 2 N–H and O–H groups in total. The van der Waals surface area contributed by atoms with Crippen molar-refractivity contribution in [3.8, 4) is 22.8 Å². The van der Waals surface area contributed by atoms with Crippen molar-refractivity contribution in [2.45, 2.75) is 6.92 Å². The highest BCUT2D eigenvalue weighted by Gasteiger charge is 2.15. The number of anilines is 2. The number of rotatable bonds is 5. The number of phenolic OH excluding ortho intramolecular Hbond substituents is 1. The van der Waals surface area contributed by atoms with Gasteiger partial charge in [0.15, 0.2) is 5.65 Å². The van der Waals surface area contributed by atoms with Crippen molar-refractivity contribution < 1.29 is 9.84 Å². The monoisotopic (exact) mass is 346 g/mol. The van der Waals surface area contributed by atoms with Crippen LogP contribution in [-0.2, 0) is 0 Å². The molecule has 4 aromatic rings. The quantitative estimate of drug-likeness (QED) is 0.565. The third-order valence-electron chi connectivity index (χ3n) is 3.98. The van der Waals surface area contributed by atoms with Crippen LogP contribution in [-0.4, -0.2) is 26.1 Å². The van der Waals surface area contributed by atoms with E-state index >= 15 is 0 Å². The van der Waals surface area contributed by atoms with Crippen LogP contribution in [0.2, 0.25) is 0 Å². The second-order valence-corrected chi connectivity index (χ2v) is 5.75. The van der Waals surface area contributed by atoms with E-state index in [4.69, 9.17) is 4.74 Å². The lowest BCUT2D eigenvalue weighted by Gasteiger charge is -2.10. The molecule has 0 spiro atoms. The molecule has 0 bridgehead atoms. The van der Waals surface area contributed by atoms with Crippen molar-refractivity contribution in [1.82, 2.24) is 14.4 Å². The van der Waals surface area contributed by atoms with E-state index in [0.717, 1.165) is 34.2 Å². The average molecular weight is 346 g/mol. The van der Waals surface area contributed by atoms with Crippen LogP contribution in [0.1, 0.15) is 6.92 Å². The van der Waals surface area contributed by atoms with Crippen LogP contribution in [0.25, 0.3) is 16.9 Å². The van der Waals surface area contributed by atoms with E-state index in [-0.39, 0.29) is 5.75 Å². The molecule has 0 saturated heterocycles. The Morgan fingerprint density at radius 3 is 2.77 bits per heavy atom. The topological polar surface area (TPSA) is 71.7 Å². The molecule has 4 rings (SSSR count). The molecule has 0 atom stereocenters. The summed E-state index contributed by atoms with van der Waals surface area (Å²) in [5, 5.41) is 13.2. The lowest BCUT2D eigenvalue weighted by Crippen LogP contribution is -1.97. The summed E-state index contributed by atoms with van der Waals surface area (Å²) in [4.78, 5) is 8.81. The first-order valence-corrected chi connectivity index (χ1v) is 8.36. The fourth-order valence-corrected chi connectivity index (χ4v) is 2.82. The molecule has 0 fully saturated rings. The normalized spacial score (nSPS) is 10.8. The van der Waals surface area contributed by atoms with Crippen molar-refractivity contribution in [3.63, 3.8) is 0 Å². The van der Waals surface area contributed by atoms with Crippen LogP contribution in [0.3, 0.4) is 0 Å². The van der Waals surface area contributed by atoms with Gasteiger partial charge in [-0.1, -0.05) is 12.1 Å². The summed E-state index contributed by atoms with van der Waals surface area (Å²) in [6.45, 7) is 2.59. The van der Waals surface area contributed by atoms with E-state index in [1.807, 2.05) is 47.9 Å². The third-order valence-corrected chi connectivity index (χ3v) is 3.98. The second kappa shape index (κ2) is 6.76. The summed E-state index contributed by atoms with van der Waals surface area (Å²) in [5.41, 5.74) is 3.19. The van der Waals surface area contributed by atoms with Gasteiger partial charge in [-0.05, 0) is 43.3 Å². The first-order valence-electron chi connectivity index (χ1n) is 8.36. The summed E-state index contributed by atoms with van der Waals surface area (Å²) < 4.78 is 7.42. The predicted octanol–water partition coefficient (Wildman–Crippen LogP) is 4.24. The number of aromatic hydroxyl groups is 1. The van der Waals surface area contributed by atoms with Gasteiger partial charge in [0.1, 0.15) is 23.0 Å². The Labute approximate surface area is 150 Å². The number of phenols is 1. The van der Waals surface area contributed by atoms with Gasteiger partial charge in [0.05, 0.1) is 12.8 Å². The Bertz CT molecular complexity index is 1040. The van der Waals surface area contributed by atoms with Crippen LogP contribution < -0.4 is 10.1 Å². The highest BCUT2D eigenvalue weighted by atomic mass is 16.5. The highest BCUT2D eigenvalue weighted by molar-refractivity contribution is 5.80. The van der Waals surface area contributed by atoms with Gasteiger partial charge in [0.25, 0.3) is 0 Å². The number of imidazole rings is 1. The summed E-state index contributed by atoms with van der Waals surface area (Å²) in [5.74, 6) is 1.83. The third kappa shape index (κ3) is 3.04. The van der Waals surface area contributed by atoms with Gasteiger partial charge in [-0.3, -0.25) is 9.38 Å². The van der Waals surface area contributed by atoms with Gasteiger partial charge in [-0.25, -0.2) is 4.98 Å². The first-order chi connectivity index (χ1) is 12.7. The van der Waals surface area contributed by atoms with Gasteiger partial charge < -0.3 is 15.2 Å². The van der Waals surface area contributed by atoms with Crippen molar-refractivity contribution >= 4 is 17.2 Å². The number of hydrogen-bond acceptors (Lipinski definition) is 5. The maximum Gasteiger partial charge on any atom is 0.157 e. The fraction of sp³-hybridized carbons (Fsp3) is 0.100. The number of nitrogens with zero attached hydrogens (tertiary/aromatic N) is 3. The standard InChI is InChI=1S/C20H18N4O2/c1-2-26-17-8-6-15(7-9-17)22-20-19(14-4-3-5-16(25)12-14)23-18-13-21-10-11-24(18)20/h3-13,22,25H,2H2,1H3. The fourth-order valence-electron chi connectivity index (χ4n) is 2.82. The van der Waals surface area contributed by atoms with Crippen molar-refractivity contribution in [1.29, 1.82) is 0 Å². The van der Waals surface area contributed by atoms with Crippen LogP contribution in [0.15, 0.2) is 67.1 Å². The average Bonchev–Trinajstić information content (AvgIpc) is 3.02. The van der Waals surface area contributed by atoms with Gasteiger partial charge >= 0.3 is 0 Å². The molecule has 0 aliphatic rings. The zero-order valence-electron chi connectivity index (χ0n) is 14.3. The Morgan fingerprint density at radius 1 is 1.15 bits per heavy atom. The van der Waals surface area contributed by atoms with E-state index < -0.39 is 0 Å². The SMILES string of the molecule is CCOc1ccc(Nc2c(-c3cccc(O)c3)nc3cnccn23)cc1. The van der Waals surface area contributed by atoms with Gasteiger partial charge in [-0.2, -0.15) is 0 Å². The highest BCUT2D eigenvalue weighted by Crippen LogP contribution is 2.32. The molecule has 0 aliphatic carbocycles. The molecule has 2 aromatic carbocycles. The van der Waals surface area contributed by atoms with Crippen LogP contribution in [0.5, 0.6) is 11.5 Å². The van der Waals surface area contributed by atoms with Gasteiger partial charge in [-0.15, -0.1) is 0 Å². The molecule has 0 unspecified atom stereocenters. The van der Waals surface area contributed by atoms with Crippen LogP contribution in [0, 0.1) is 0 Å². The minimum Gasteiger partial charge on any atom is -0.508 e. The molecular formula is C20H18N4O2. The molecule has 2 heterocycles. The Balaban J connectivity index is 1.78. The largest absolute Gasteiger partial charge is 0.508 e. The summed E-state index contributed by atoms with van der Waals surface area (Å²) in [7, 11) is 0. The lowest BCUT2D eigenvalue weighted by atomic mass is 10.1. The van der Waals surface area contributed by atoms with Crippen molar-refractivity contribution in [3.05, 3.63) is 67.1 Å². The molecule has 26 heavy (non-hydrogen) atoms. The zero-order valence-corrected chi connectivity index (χ0v) is 14.3. The molecular weight excluding hydrogens is 328 g/mol. The number of hydrogen-bond donors (Lipinski definition) is 2. The molecule has 0 amide bonds. The lowest BCUT2D eigenvalue weighted by molar-refractivity contribution is 0.340. The maximum absolute atomic E-state index is 9.83. The Kier molecular flexibility index (Phi) is 4.15. The number of nitrogens with one attached hydrogen (secondary N) is 1. The van der Waals surface area contributed by atoms with Crippen LogP contribution in [0.4, 0.5) is 11.5 Å². The Hall–Kier alpha value is -3.54. The van der Waals surface area contributed by atoms with Crippen molar-refractivity contribution in [2.24, 2.45) is 0 Å². The number of fused-ring (bicyclic) bond motifs is 1. The number of benzene rings is 2. The minimum absolute atomic E-state index is 0.199. The summed E-state index contributed by atoms with van der Waals surface area (Å²) >= 11 is 0. The van der Waals surface area contributed by atoms with Crippen molar-refractivity contribution in [2.75, 3.05) is 11.9 Å². The van der Waals surface area contributed by atoms with E-state index in [0.29, 0.717) is 6.61 Å². The molecule has 130 valence electrons. The number of aromatic nitrogens is 3. The zero-order chi connectivity index (χ0) is 17.9. The van der Waals surface area contributed by atoms with E-state index in [9.17, 15) is 5.11 Å². The minimum atomic E-state index is 0.199. The Morgan fingerprint density at radius 2 is 2.00 bits per heavy atom. The molecule has 0 aliphatic heterocycles.